The fourth-order valence-corrected chi connectivity index (χ4v) is 11.8. The van der Waals surface area contributed by atoms with Gasteiger partial charge in [-0.2, -0.15) is 0 Å². The average Bonchev–Trinajstić information content (AvgIpc) is 3.36. The number of imide groups is 2. The van der Waals surface area contributed by atoms with E-state index < -0.39 is 0 Å². The first-order chi connectivity index (χ1) is 33.3. The summed E-state index contributed by atoms with van der Waals surface area (Å²) in [5, 5.41) is 9.98. The third kappa shape index (κ3) is 8.86. The highest BCUT2D eigenvalue weighted by Crippen LogP contribution is 2.50. The van der Waals surface area contributed by atoms with Gasteiger partial charge in [-0.15, -0.1) is 0 Å². The monoisotopic (exact) mass is 917 g/mol. The van der Waals surface area contributed by atoms with Gasteiger partial charge in [0.05, 0.1) is 0 Å². The van der Waals surface area contributed by atoms with Gasteiger partial charge in [0.25, 0.3) is 23.6 Å². The number of hydrogen-bond donors (Lipinski definition) is 1. The van der Waals surface area contributed by atoms with E-state index in [1.165, 1.54) is 0 Å². The quantitative estimate of drug-likeness (QED) is 0.0276. The van der Waals surface area contributed by atoms with Crippen LogP contribution in [0.4, 0.5) is 5.95 Å². The number of nitrogens with one attached hydrogen (secondary N) is 1. The zero-order chi connectivity index (χ0) is 47.3. The summed E-state index contributed by atoms with van der Waals surface area (Å²) in [4.78, 5) is 75.5. The smallest absolute Gasteiger partial charge is 0.261 e. The van der Waals surface area contributed by atoms with Crippen LogP contribution in [0.25, 0.3) is 54.2 Å². The van der Waals surface area contributed by atoms with Crippen LogP contribution in [-0.2, 0) is 0 Å². The van der Waals surface area contributed by atoms with Crippen molar-refractivity contribution >= 4 is 72.7 Å². The second-order valence-corrected chi connectivity index (χ2v) is 20.0. The van der Waals surface area contributed by atoms with Crippen molar-refractivity contribution in [1.82, 2.24) is 25.1 Å². The van der Waals surface area contributed by atoms with Crippen molar-refractivity contribution in [1.29, 1.82) is 0 Å². The zero-order valence-electron chi connectivity index (χ0n) is 41.2. The van der Waals surface area contributed by atoms with E-state index in [0.29, 0.717) is 39.0 Å². The second-order valence-electron chi connectivity index (χ2n) is 20.0. The molecule has 1 N–H and O–H groups in total. The number of anilines is 1. The van der Waals surface area contributed by atoms with Crippen LogP contribution < -0.4 is 10.2 Å². The summed E-state index contributed by atoms with van der Waals surface area (Å²) in [5.74, 6) is -0.238. The number of piperazine rings is 1. The first-order valence-corrected chi connectivity index (χ1v) is 26.6. The zero-order valence-corrected chi connectivity index (χ0v) is 41.2. The number of benzene rings is 5. The standard InChI is InChI=1S/C58H72N6O4/c1-5-9-13-17-21-39(22-18-14-10-6-2)63-54(65)44-28-25-41-42-26-29-46-52-48(57(68)64(56(46)67)40(23-19-15-11-7-3)24-20-16-12-8-4)35-47(38-36-60-58(61-37-38)62-33-31-59-32-34-62)50(53(42)52)43-27-30-45(55(63)66)51(44)49(41)43/h25-30,35-37,39-40,59H,5-24,31-34H2,1-4H3. The molecule has 0 radical (unpaired) electrons. The highest BCUT2D eigenvalue weighted by atomic mass is 16.2. The van der Waals surface area contributed by atoms with E-state index in [-0.39, 0.29) is 35.7 Å². The fourth-order valence-electron chi connectivity index (χ4n) is 11.8. The summed E-state index contributed by atoms with van der Waals surface area (Å²) in [5.41, 5.74) is 3.73. The molecule has 1 fully saturated rings. The van der Waals surface area contributed by atoms with E-state index in [1.807, 2.05) is 54.9 Å². The Labute approximate surface area is 402 Å². The molecule has 4 heterocycles. The van der Waals surface area contributed by atoms with Gasteiger partial charge < -0.3 is 10.2 Å². The van der Waals surface area contributed by atoms with Gasteiger partial charge in [-0.25, -0.2) is 9.97 Å². The highest BCUT2D eigenvalue weighted by Gasteiger charge is 2.41. The molecule has 0 spiro atoms. The van der Waals surface area contributed by atoms with Gasteiger partial charge in [0.2, 0.25) is 5.95 Å². The summed E-state index contributed by atoms with van der Waals surface area (Å²) < 4.78 is 0. The Hall–Kier alpha value is -5.48. The Kier molecular flexibility index (Phi) is 15.0. The Morgan fingerprint density at radius 1 is 0.456 bits per heavy atom. The Bertz CT molecular complexity index is 2750. The molecule has 6 aromatic rings. The number of unbranched alkanes of at least 4 members (excludes halogenated alkanes) is 12. The van der Waals surface area contributed by atoms with E-state index in [9.17, 15) is 9.59 Å². The van der Waals surface area contributed by atoms with Crippen LogP contribution in [0.3, 0.4) is 0 Å². The molecular weight excluding hydrogens is 845 g/mol. The maximum Gasteiger partial charge on any atom is 0.261 e. The third-order valence-corrected chi connectivity index (χ3v) is 15.4. The second kappa shape index (κ2) is 21.4. The average molecular weight is 917 g/mol. The molecule has 0 saturated carbocycles. The number of aromatic nitrogens is 2. The van der Waals surface area contributed by atoms with Gasteiger partial charge in [-0.1, -0.05) is 149 Å². The van der Waals surface area contributed by atoms with Gasteiger partial charge in [-0.05, 0) is 87.8 Å². The molecule has 358 valence electrons. The lowest BCUT2D eigenvalue weighted by atomic mass is 9.79. The summed E-state index contributed by atoms with van der Waals surface area (Å²) in [7, 11) is 0. The molecular formula is C58H72N6O4. The van der Waals surface area contributed by atoms with Crippen molar-refractivity contribution < 1.29 is 19.2 Å². The summed E-state index contributed by atoms with van der Waals surface area (Å²) in [6, 6.07) is 13.5. The molecule has 10 nitrogen and oxygen atoms in total. The van der Waals surface area contributed by atoms with Crippen LogP contribution >= 0.6 is 0 Å². The number of rotatable bonds is 24. The van der Waals surface area contributed by atoms with E-state index in [0.717, 1.165) is 198 Å². The predicted octanol–water partition coefficient (Wildman–Crippen LogP) is 13.4. The third-order valence-electron chi connectivity index (χ3n) is 15.4. The molecule has 0 aliphatic carbocycles. The van der Waals surface area contributed by atoms with Gasteiger partial charge in [0.1, 0.15) is 0 Å². The molecule has 1 aromatic heterocycles. The number of amides is 4. The number of carbonyl (C=O) groups is 4. The Morgan fingerprint density at radius 2 is 0.868 bits per heavy atom. The van der Waals surface area contributed by atoms with Crippen LogP contribution in [0.5, 0.6) is 0 Å². The number of fused-ring (bicyclic) bond motifs is 2. The van der Waals surface area contributed by atoms with E-state index in [4.69, 9.17) is 9.97 Å². The predicted molar refractivity (Wildman–Crippen MR) is 277 cm³/mol. The van der Waals surface area contributed by atoms with Crippen molar-refractivity contribution in [3.05, 3.63) is 77.1 Å². The molecule has 3 aliphatic rings. The minimum Gasteiger partial charge on any atom is -0.338 e. The molecule has 0 unspecified atom stereocenters. The highest BCUT2D eigenvalue weighted by molar-refractivity contribution is 6.43. The van der Waals surface area contributed by atoms with E-state index in [2.05, 4.69) is 37.9 Å². The molecule has 1 saturated heterocycles. The topological polar surface area (TPSA) is 116 Å². The Morgan fingerprint density at radius 3 is 1.32 bits per heavy atom. The molecule has 4 amide bonds. The van der Waals surface area contributed by atoms with Crippen LogP contribution in [0.15, 0.2) is 54.9 Å². The summed E-state index contributed by atoms with van der Waals surface area (Å²) in [6.07, 6.45) is 24.2. The molecule has 3 aliphatic heterocycles. The summed E-state index contributed by atoms with van der Waals surface area (Å²) in [6.45, 7) is 12.2. The van der Waals surface area contributed by atoms with Crippen molar-refractivity contribution in [3.63, 3.8) is 0 Å². The van der Waals surface area contributed by atoms with Crippen molar-refractivity contribution in [2.45, 2.75) is 168 Å². The number of carbonyl (C=O) groups excluding carboxylic acids is 4. The molecule has 5 aromatic carbocycles. The lowest BCUT2D eigenvalue weighted by Crippen LogP contribution is -2.47. The number of hydrogen-bond acceptors (Lipinski definition) is 8. The van der Waals surface area contributed by atoms with Gasteiger partial charge >= 0.3 is 0 Å². The van der Waals surface area contributed by atoms with Crippen molar-refractivity contribution in [3.8, 4) is 11.1 Å². The van der Waals surface area contributed by atoms with Crippen LogP contribution in [-0.4, -0.2) is 81.7 Å². The maximum atomic E-state index is 15.3. The normalized spacial score (nSPS) is 15.4. The molecule has 0 atom stereocenters. The summed E-state index contributed by atoms with van der Waals surface area (Å²) >= 11 is 0. The maximum absolute atomic E-state index is 15.3. The van der Waals surface area contributed by atoms with E-state index in [1.54, 1.807) is 9.80 Å². The van der Waals surface area contributed by atoms with Crippen LogP contribution in [0, 0.1) is 0 Å². The van der Waals surface area contributed by atoms with Crippen molar-refractivity contribution in [2.75, 3.05) is 31.1 Å². The van der Waals surface area contributed by atoms with Crippen LogP contribution in [0.1, 0.15) is 198 Å². The van der Waals surface area contributed by atoms with Gasteiger partial charge in [-0.3, -0.25) is 29.0 Å². The van der Waals surface area contributed by atoms with E-state index >= 15 is 9.59 Å². The first kappa shape index (κ1) is 47.6. The lowest BCUT2D eigenvalue weighted by Gasteiger charge is -2.36. The van der Waals surface area contributed by atoms with Crippen LogP contribution in [0.2, 0.25) is 0 Å². The first-order valence-electron chi connectivity index (χ1n) is 26.6. The van der Waals surface area contributed by atoms with Gasteiger partial charge in [0.15, 0.2) is 0 Å². The van der Waals surface area contributed by atoms with Gasteiger partial charge in [0, 0.05) is 89.2 Å². The molecule has 0 bridgehead atoms. The lowest BCUT2D eigenvalue weighted by molar-refractivity contribution is 0.0501. The Balaban J connectivity index is 1.22. The molecule has 68 heavy (non-hydrogen) atoms. The fraction of sp³-hybridized carbons (Fsp3) is 0.517. The molecule has 9 rings (SSSR count). The minimum atomic E-state index is -0.243. The minimum absolute atomic E-state index is 0.159. The van der Waals surface area contributed by atoms with Crippen molar-refractivity contribution in [2.24, 2.45) is 0 Å². The molecule has 10 heteroatoms. The SMILES string of the molecule is CCCCCCC(CCCCCC)N1C(=O)c2ccc3c4ccc5c6c(cc(-c7cnc(N8CCNCC8)nc7)c(c7ccc(c2c37)C1=O)c64)C(=O)N(C(CCCCCC)CCCCCC)C5=O. The number of nitrogens with zero attached hydrogens (tertiary/aromatic N) is 5. The largest absolute Gasteiger partial charge is 0.338 e.